The zero-order valence-corrected chi connectivity index (χ0v) is 29.6. The number of hydrogen-bond acceptors (Lipinski definition) is 8. The molecule has 2 aromatic carbocycles. The number of pyridine rings is 1. The molecule has 252 valence electrons. The van der Waals surface area contributed by atoms with Gasteiger partial charge in [0.25, 0.3) is 0 Å². The van der Waals surface area contributed by atoms with Gasteiger partial charge >= 0.3 is 13.1 Å². The van der Waals surface area contributed by atoms with Crippen LogP contribution in [0, 0.1) is 0 Å². The molecule has 1 aliphatic heterocycles. The lowest BCUT2D eigenvalue weighted by atomic mass is 9.75. The van der Waals surface area contributed by atoms with Gasteiger partial charge in [0.1, 0.15) is 22.5 Å². The van der Waals surface area contributed by atoms with E-state index in [2.05, 4.69) is 56.9 Å². The van der Waals surface area contributed by atoms with E-state index in [0.717, 1.165) is 53.8 Å². The largest absolute Gasteiger partial charge is 0.497 e. The quantitative estimate of drug-likeness (QED) is 0.0874. The first-order chi connectivity index (χ1) is 22.7. The fraction of sp³-hybridized carbons (Fsp3) is 0.459. The zero-order chi connectivity index (χ0) is 34.0. The maximum Gasteiger partial charge on any atom is 0.495 e. The lowest BCUT2D eigenvalue weighted by Crippen LogP contribution is -2.50. The number of nitrogens with zero attached hydrogens (tertiary/aromatic N) is 2. The van der Waals surface area contributed by atoms with Gasteiger partial charge < -0.3 is 28.4 Å². The molecule has 0 bridgehead atoms. The van der Waals surface area contributed by atoms with Crippen LogP contribution in [0.4, 0.5) is 5.82 Å². The van der Waals surface area contributed by atoms with Crippen LogP contribution in [0.3, 0.4) is 0 Å². The molecule has 0 saturated carbocycles. The fourth-order valence-corrected chi connectivity index (χ4v) is 6.83. The van der Waals surface area contributed by atoms with Gasteiger partial charge in [-0.3, -0.25) is 4.79 Å². The monoisotopic (exact) mass is 662 g/mol. The van der Waals surface area contributed by atoms with E-state index < -0.39 is 18.3 Å². The number of anilines is 1. The molecule has 1 fully saturated rings. The molecule has 4 rings (SSSR count). The Hall–Kier alpha value is -3.53. The third-order valence-electron chi connectivity index (χ3n) is 9.48. The van der Waals surface area contributed by atoms with Crippen LogP contribution in [0.15, 0.2) is 60.7 Å². The van der Waals surface area contributed by atoms with Crippen molar-refractivity contribution < 1.29 is 28.3 Å². The van der Waals surface area contributed by atoms with Crippen molar-refractivity contribution in [1.82, 2.24) is 4.98 Å². The van der Waals surface area contributed by atoms with Gasteiger partial charge in [0.2, 0.25) is 0 Å². The van der Waals surface area contributed by atoms with Crippen LogP contribution >= 0.6 is 11.6 Å². The molecule has 2 heterocycles. The summed E-state index contributed by atoms with van der Waals surface area (Å²) in [6, 6.07) is 18.1. The third kappa shape index (κ3) is 8.14. The number of aromatic nitrogens is 1. The summed E-state index contributed by atoms with van der Waals surface area (Å²) in [6.45, 7) is 9.81. The Balaban J connectivity index is 1.82. The first-order valence-electron chi connectivity index (χ1n) is 16.5. The van der Waals surface area contributed by atoms with Crippen LogP contribution < -0.4 is 19.8 Å². The maximum absolute atomic E-state index is 11.8. The van der Waals surface area contributed by atoms with E-state index in [-0.39, 0.29) is 12.4 Å². The lowest BCUT2D eigenvalue weighted by molar-refractivity contribution is -0.140. The summed E-state index contributed by atoms with van der Waals surface area (Å²) in [5.41, 5.74) is 2.79. The van der Waals surface area contributed by atoms with E-state index >= 15 is 0 Å². The number of methoxy groups -OCH3 is 3. The topological polar surface area (TPSA) is 79.4 Å². The molecule has 47 heavy (non-hydrogen) atoms. The number of benzene rings is 2. The van der Waals surface area contributed by atoms with E-state index in [1.165, 1.54) is 7.11 Å². The summed E-state index contributed by atoms with van der Waals surface area (Å²) < 4.78 is 29.5. The highest BCUT2D eigenvalue weighted by Crippen LogP contribution is 2.47. The minimum atomic E-state index is -0.655. The van der Waals surface area contributed by atoms with Crippen molar-refractivity contribution in [3.63, 3.8) is 0 Å². The molecule has 0 aliphatic carbocycles. The molecule has 0 spiro atoms. The number of rotatable bonds is 16. The van der Waals surface area contributed by atoms with Gasteiger partial charge in [-0.1, -0.05) is 75.7 Å². The summed E-state index contributed by atoms with van der Waals surface area (Å²) in [6.07, 6.45) is 7.88. The Morgan fingerprint density at radius 1 is 0.851 bits per heavy atom. The number of ether oxygens (including phenoxy) is 3. The van der Waals surface area contributed by atoms with Gasteiger partial charge in [0.05, 0.1) is 32.5 Å². The van der Waals surface area contributed by atoms with Crippen LogP contribution in [-0.2, 0) is 31.9 Å². The van der Waals surface area contributed by atoms with E-state index in [4.69, 9.17) is 40.1 Å². The molecule has 0 unspecified atom stereocenters. The molecular weight excluding hydrogens is 615 g/mol. The van der Waals surface area contributed by atoms with Crippen LogP contribution in [-0.4, -0.2) is 50.6 Å². The van der Waals surface area contributed by atoms with Crippen molar-refractivity contribution in [3.8, 4) is 11.5 Å². The highest BCUT2D eigenvalue weighted by atomic mass is 35.5. The third-order valence-corrected chi connectivity index (χ3v) is 9.77. The lowest BCUT2D eigenvalue weighted by Gasteiger charge is -2.42. The van der Waals surface area contributed by atoms with Gasteiger partial charge in [0, 0.05) is 25.1 Å². The second kappa shape index (κ2) is 16.5. The Kier molecular flexibility index (Phi) is 12.8. The van der Waals surface area contributed by atoms with Crippen LogP contribution in [0.25, 0.3) is 6.08 Å². The highest BCUT2D eigenvalue weighted by molar-refractivity contribution is 6.63. The molecule has 8 nitrogen and oxygen atoms in total. The summed E-state index contributed by atoms with van der Waals surface area (Å²) >= 11 is 7.06. The first-order valence-corrected chi connectivity index (χ1v) is 16.9. The van der Waals surface area contributed by atoms with Gasteiger partial charge in [-0.2, -0.15) is 0 Å². The van der Waals surface area contributed by atoms with E-state index in [1.54, 1.807) is 14.2 Å². The predicted octanol–water partition coefficient (Wildman–Crippen LogP) is 7.79. The van der Waals surface area contributed by atoms with Crippen molar-refractivity contribution in [2.24, 2.45) is 0 Å². The van der Waals surface area contributed by atoms with Gasteiger partial charge in [-0.15, -0.1) is 0 Å². The number of carbonyl (C=O) groups is 1. The van der Waals surface area contributed by atoms with Gasteiger partial charge in [0.15, 0.2) is 0 Å². The number of allylic oxidation sites excluding steroid dienone is 1. The molecule has 0 amide bonds. The Labute approximate surface area is 285 Å². The number of halogens is 1. The Bertz CT molecular complexity index is 1420. The number of carbonyl (C=O) groups excluding carboxylic acids is 1. The first kappa shape index (κ1) is 36.3. The minimum Gasteiger partial charge on any atom is -0.497 e. The predicted molar refractivity (Wildman–Crippen MR) is 190 cm³/mol. The smallest absolute Gasteiger partial charge is 0.495 e. The summed E-state index contributed by atoms with van der Waals surface area (Å²) in [4.78, 5) is 18.9. The second-order valence-electron chi connectivity index (χ2n) is 11.8. The molecule has 1 aromatic heterocycles. The number of hydrogen-bond donors (Lipinski definition) is 0. The highest BCUT2D eigenvalue weighted by Gasteiger charge is 2.59. The van der Waals surface area contributed by atoms with E-state index in [9.17, 15) is 4.79 Å². The summed E-state index contributed by atoms with van der Waals surface area (Å²) in [5.74, 6) is 2.02. The maximum atomic E-state index is 11.8. The molecule has 0 N–H and O–H groups in total. The van der Waals surface area contributed by atoms with Crippen molar-refractivity contribution >= 4 is 42.0 Å². The molecule has 10 heteroatoms. The zero-order valence-electron chi connectivity index (χ0n) is 28.8. The molecule has 0 radical (unpaired) electrons. The van der Waals surface area contributed by atoms with E-state index in [1.807, 2.05) is 42.5 Å². The molecular formula is C37H48BClN2O6. The van der Waals surface area contributed by atoms with E-state index in [0.29, 0.717) is 36.0 Å². The van der Waals surface area contributed by atoms with Crippen molar-refractivity contribution in [2.45, 2.75) is 90.5 Å². The molecule has 1 saturated heterocycles. The van der Waals surface area contributed by atoms with Gasteiger partial charge in [-0.05, 0) is 79.0 Å². The average Bonchev–Trinajstić information content (AvgIpc) is 3.45. The summed E-state index contributed by atoms with van der Waals surface area (Å²) in [7, 11) is 4.06. The molecule has 0 atom stereocenters. The SMILES string of the molecule is CCC1(CC)OB(c2cc(N(Cc3ccc(OC)cc3)Cc3ccc(OC)cc3)nc(Cl)c2/C=C/CCC(=O)OC)OC1(CC)CC. The number of esters is 1. The Morgan fingerprint density at radius 3 is 1.77 bits per heavy atom. The van der Waals surface area contributed by atoms with Crippen LogP contribution in [0.2, 0.25) is 5.15 Å². The van der Waals surface area contributed by atoms with Crippen LogP contribution in [0.5, 0.6) is 11.5 Å². The Morgan fingerprint density at radius 2 is 1.34 bits per heavy atom. The standard InChI is InChI=1S/C37H48BClN2O6/c1-8-36(9-2)37(10-3,11-4)47-38(46-36)32-24-33(40-35(39)31(32)14-12-13-15-34(42)45-7)41(25-27-16-20-29(43-5)21-17-27)26-28-18-22-30(44-6)23-19-28/h12,14,16-24H,8-11,13,15,25-26H2,1-7H3/b14-12+. The second-order valence-corrected chi connectivity index (χ2v) is 12.2. The fourth-order valence-electron chi connectivity index (χ4n) is 6.57. The summed E-state index contributed by atoms with van der Waals surface area (Å²) in [5, 5.41) is 0.331. The van der Waals surface area contributed by atoms with Crippen molar-refractivity contribution in [1.29, 1.82) is 0 Å². The minimum absolute atomic E-state index is 0.267. The van der Waals surface area contributed by atoms with Crippen molar-refractivity contribution in [2.75, 3.05) is 26.2 Å². The van der Waals surface area contributed by atoms with Crippen molar-refractivity contribution in [3.05, 3.63) is 82.5 Å². The normalized spacial score (nSPS) is 15.2. The molecule has 1 aliphatic rings. The van der Waals surface area contributed by atoms with Crippen LogP contribution in [0.1, 0.15) is 82.9 Å². The van der Waals surface area contributed by atoms with Gasteiger partial charge in [-0.25, -0.2) is 4.98 Å². The average molecular weight is 663 g/mol. The molecule has 3 aromatic rings.